The maximum atomic E-state index is 5.84. The van der Waals surface area contributed by atoms with Crippen LogP contribution in [0.5, 0.6) is 0 Å². The van der Waals surface area contributed by atoms with Crippen LogP contribution < -0.4 is 11.1 Å². The zero-order valence-electron chi connectivity index (χ0n) is 7.67. The number of nitrogen functional groups attached to an aromatic ring is 1. The lowest BCUT2D eigenvalue weighted by Crippen LogP contribution is -2.18. The Bertz CT molecular complexity index is 355. The molecule has 0 atom stereocenters. The summed E-state index contributed by atoms with van der Waals surface area (Å²) in [6, 6.07) is 5.91. The van der Waals surface area contributed by atoms with Crippen molar-refractivity contribution in [1.82, 2.24) is 5.32 Å². The number of nitrogens with zero attached hydrogens (tertiary/aromatic N) is 1. The Balaban J connectivity index is 2.55. The van der Waals surface area contributed by atoms with E-state index in [9.17, 15) is 0 Å². The lowest BCUT2D eigenvalue weighted by atomic mass is 10.1. The first-order valence-electron chi connectivity index (χ1n) is 4.39. The van der Waals surface area contributed by atoms with Gasteiger partial charge < -0.3 is 11.1 Å². The molecule has 3 nitrogen and oxygen atoms in total. The average molecular weight is 175 g/mol. The van der Waals surface area contributed by atoms with Crippen LogP contribution in [0.25, 0.3) is 0 Å². The number of nitrogens with one attached hydrogen (secondary N) is 1. The highest BCUT2D eigenvalue weighted by molar-refractivity contribution is 5.89. The fourth-order valence-corrected chi connectivity index (χ4v) is 1.50. The van der Waals surface area contributed by atoms with E-state index in [0.717, 1.165) is 30.2 Å². The van der Waals surface area contributed by atoms with E-state index in [1.54, 1.807) is 0 Å². The Morgan fingerprint density at radius 2 is 2.23 bits per heavy atom. The average Bonchev–Trinajstić information content (AvgIpc) is 2.28. The molecule has 1 heterocycles. The molecule has 0 radical (unpaired) electrons. The number of fused-ring (bicyclic) bond motifs is 1. The van der Waals surface area contributed by atoms with Gasteiger partial charge in [-0.3, -0.25) is 4.99 Å². The summed E-state index contributed by atoms with van der Waals surface area (Å²) in [4.78, 5) is 4.47. The third-order valence-electron chi connectivity index (χ3n) is 2.15. The first-order valence-corrected chi connectivity index (χ1v) is 4.39. The summed E-state index contributed by atoms with van der Waals surface area (Å²) in [6.45, 7) is 3.70. The van der Waals surface area contributed by atoms with E-state index in [2.05, 4.69) is 16.4 Å². The van der Waals surface area contributed by atoms with Gasteiger partial charge >= 0.3 is 0 Å². The Morgan fingerprint density at radius 1 is 1.38 bits per heavy atom. The highest BCUT2D eigenvalue weighted by atomic mass is 14.9. The fraction of sp³-hybridized carbons (Fsp3) is 0.300. The van der Waals surface area contributed by atoms with Gasteiger partial charge in [-0.15, -0.1) is 0 Å². The SMILES string of the molecule is CC1=Nc2c(N)cccc2CNC1. The van der Waals surface area contributed by atoms with Gasteiger partial charge in [-0.2, -0.15) is 0 Å². The summed E-state index contributed by atoms with van der Waals surface area (Å²) in [6.07, 6.45) is 0. The molecular formula is C10H13N3. The quantitative estimate of drug-likeness (QED) is 0.586. The monoisotopic (exact) mass is 175 g/mol. The van der Waals surface area contributed by atoms with E-state index in [-0.39, 0.29) is 0 Å². The van der Waals surface area contributed by atoms with Crippen LogP contribution in [0.4, 0.5) is 11.4 Å². The molecule has 1 aromatic rings. The molecule has 0 bridgehead atoms. The molecule has 3 N–H and O–H groups in total. The Morgan fingerprint density at radius 3 is 3.08 bits per heavy atom. The van der Waals surface area contributed by atoms with Crippen molar-refractivity contribution in [3.8, 4) is 0 Å². The van der Waals surface area contributed by atoms with Gasteiger partial charge in [0, 0.05) is 18.8 Å². The number of hydrogen-bond acceptors (Lipinski definition) is 3. The third kappa shape index (κ3) is 1.55. The van der Waals surface area contributed by atoms with Crippen LogP contribution in [-0.2, 0) is 6.54 Å². The second kappa shape index (κ2) is 3.18. The molecule has 0 spiro atoms. The normalized spacial score (nSPS) is 15.9. The molecular weight excluding hydrogens is 162 g/mol. The van der Waals surface area contributed by atoms with Crippen molar-refractivity contribution < 1.29 is 0 Å². The summed E-state index contributed by atoms with van der Waals surface area (Å²) < 4.78 is 0. The van der Waals surface area contributed by atoms with Gasteiger partial charge in [0.2, 0.25) is 0 Å². The maximum Gasteiger partial charge on any atom is 0.0903 e. The molecule has 2 rings (SSSR count). The van der Waals surface area contributed by atoms with Crippen molar-refractivity contribution in [1.29, 1.82) is 0 Å². The molecule has 3 heteroatoms. The Labute approximate surface area is 77.7 Å². The number of nitrogens with two attached hydrogens (primary N) is 1. The van der Waals surface area contributed by atoms with Gasteiger partial charge in [-0.1, -0.05) is 12.1 Å². The third-order valence-corrected chi connectivity index (χ3v) is 2.15. The number of rotatable bonds is 0. The molecule has 0 saturated heterocycles. The lowest BCUT2D eigenvalue weighted by molar-refractivity contribution is 0.784. The van der Waals surface area contributed by atoms with Crippen molar-refractivity contribution in [2.45, 2.75) is 13.5 Å². The lowest BCUT2D eigenvalue weighted by Gasteiger charge is -2.04. The summed E-state index contributed by atoms with van der Waals surface area (Å²) in [5.74, 6) is 0. The minimum Gasteiger partial charge on any atom is -0.397 e. The van der Waals surface area contributed by atoms with Crippen LogP contribution >= 0.6 is 0 Å². The highest BCUT2D eigenvalue weighted by Crippen LogP contribution is 2.27. The van der Waals surface area contributed by atoms with E-state index < -0.39 is 0 Å². The van der Waals surface area contributed by atoms with Gasteiger partial charge in [-0.05, 0) is 18.6 Å². The molecule has 1 aromatic carbocycles. The summed E-state index contributed by atoms with van der Waals surface area (Å²) >= 11 is 0. The smallest absolute Gasteiger partial charge is 0.0903 e. The van der Waals surface area contributed by atoms with E-state index in [1.165, 1.54) is 5.56 Å². The van der Waals surface area contributed by atoms with E-state index in [0.29, 0.717) is 0 Å². The summed E-state index contributed by atoms with van der Waals surface area (Å²) in [7, 11) is 0. The minimum absolute atomic E-state index is 0.764. The van der Waals surface area contributed by atoms with Gasteiger partial charge in [0.15, 0.2) is 0 Å². The molecule has 68 valence electrons. The highest BCUT2D eigenvalue weighted by Gasteiger charge is 2.08. The second-order valence-electron chi connectivity index (χ2n) is 3.31. The number of benzene rings is 1. The van der Waals surface area contributed by atoms with Crippen LogP contribution in [-0.4, -0.2) is 12.3 Å². The molecule has 1 aliphatic rings. The maximum absolute atomic E-state index is 5.84. The van der Waals surface area contributed by atoms with Crippen molar-refractivity contribution in [2.75, 3.05) is 12.3 Å². The molecule has 1 aliphatic heterocycles. The Hall–Kier alpha value is -1.35. The number of anilines is 1. The predicted molar refractivity (Wildman–Crippen MR) is 55.3 cm³/mol. The standard InChI is InChI=1S/C10H13N3/c1-7-5-12-6-8-3-2-4-9(11)10(8)13-7/h2-4,12H,5-6,11H2,1H3. The van der Waals surface area contributed by atoms with Crippen molar-refractivity contribution in [3.05, 3.63) is 23.8 Å². The predicted octanol–water partition coefficient (Wildman–Crippen LogP) is 1.46. The van der Waals surface area contributed by atoms with Gasteiger partial charge in [0.25, 0.3) is 0 Å². The minimum atomic E-state index is 0.764. The van der Waals surface area contributed by atoms with E-state index in [4.69, 9.17) is 5.73 Å². The van der Waals surface area contributed by atoms with Crippen LogP contribution in [0, 0.1) is 0 Å². The zero-order valence-corrected chi connectivity index (χ0v) is 7.67. The molecule has 0 saturated carbocycles. The van der Waals surface area contributed by atoms with E-state index >= 15 is 0 Å². The summed E-state index contributed by atoms with van der Waals surface area (Å²) in [5, 5.41) is 3.29. The molecule has 0 fully saturated rings. The Kier molecular flexibility index (Phi) is 2.02. The van der Waals surface area contributed by atoms with Crippen molar-refractivity contribution in [2.24, 2.45) is 4.99 Å². The second-order valence-corrected chi connectivity index (χ2v) is 3.31. The largest absolute Gasteiger partial charge is 0.397 e. The summed E-state index contributed by atoms with van der Waals surface area (Å²) in [5.41, 5.74) is 9.80. The van der Waals surface area contributed by atoms with E-state index in [1.807, 2.05) is 19.1 Å². The van der Waals surface area contributed by atoms with Crippen molar-refractivity contribution in [3.63, 3.8) is 0 Å². The van der Waals surface area contributed by atoms with Crippen molar-refractivity contribution >= 4 is 17.1 Å². The number of para-hydroxylation sites is 1. The van der Waals surface area contributed by atoms with Crippen LogP contribution in [0.2, 0.25) is 0 Å². The van der Waals surface area contributed by atoms with Crippen LogP contribution in [0.3, 0.4) is 0 Å². The topological polar surface area (TPSA) is 50.4 Å². The molecule has 0 unspecified atom stereocenters. The first kappa shape index (κ1) is 8.26. The zero-order chi connectivity index (χ0) is 9.26. The van der Waals surface area contributed by atoms with Gasteiger partial charge in [0.05, 0.1) is 11.4 Å². The molecule has 13 heavy (non-hydrogen) atoms. The van der Waals surface area contributed by atoms with Gasteiger partial charge in [0.1, 0.15) is 0 Å². The fourth-order valence-electron chi connectivity index (χ4n) is 1.50. The molecule has 0 aliphatic carbocycles. The number of aliphatic imine (C=N–C) groups is 1. The first-order chi connectivity index (χ1) is 6.27. The van der Waals surface area contributed by atoms with Gasteiger partial charge in [-0.25, -0.2) is 0 Å². The van der Waals surface area contributed by atoms with Crippen LogP contribution in [0.1, 0.15) is 12.5 Å². The van der Waals surface area contributed by atoms with Crippen LogP contribution in [0.15, 0.2) is 23.2 Å². The molecule has 0 aromatic heterocycles. The number of hydrogen-bond donors (Lipinski definition) is 2. The molecule has 0 amide bonds.